The number of nitrogens with zero attached hydrogens (tertiary/aromatic N) is 3. The fourth-order valence-electron chi connectivity index (χ4n) is 2.68. The molecule has 0 saturated heterocycles. The second kappa shape index (κ2) is 7.19. The van der Waals surface area contributed by atoms with Gasteiger partial charge in [0.2, 0.25) is 0 Å². The highest BCUT2D eigenvalue weighted by Crippen LogP contribution is 2.32. The van der Waals surface area contributed by atoms with Gasteiger partial charge in [0.25, 0.3) is 0 Å². The Labute approximate surface area is 164 Å². The molecule has 0 unspecified atom stereocenters. The van der Waals surface area contributed by atoms with Crippen LogP contribution in [0.2, 0.25) is 10.0 Å². The number of thiophene rings is 1. The zero-order valence-electron chi connectivity index (χ0n) is 13.8. The molecule has 4 rings (SSSR count). The van der Waals surface area contributed by atoms with Crippen molar-refractivity contribution in [1.29, 1.82) is 0 Å². The van der Waals surface area contributed by atoms with Crippen LogP contribution in [-0.4, -0.2) is 15.0 Å². The lowest BCUT2D eigenvalue weighted by molar-refractivity contribution is 1.11. The lowest BCUT2D eigenvalue weighted by Crippen LogP contribution is -2.04. The molecule has 1 N–H and O–H groups in total. The van der Waals surface area contributed by atoms with Crippen molar-refractivity contribution in [2.45, 2.75) is 13.5 Å². The zero-order valence-corrected chi connectivity index (χ0v) is 16.2. The SMILES string of the molecule is Cc1csc2nc(-c3ccncc3)nc(NCc3ccc(Cl)c(Cl)c3)c12. The lowest BCUT2D eigenvalue weighted by atomic mass is 10.2. The van der Waals surface area contributed by atoms with Crippen molar-refractivity contribution in [3.05, 3.63) is 69.3 Å². The summed E-state index contributed by atoms with van der Waals surface area (Å²) in [5, 5.41) is 7.67. The molecular formula is C19H14Cl2N4S. The Bertz CT molecular complexity index is 1080. The molecule has 0 amide bonds. The number of hydrogen-bond donors (Lipinski definition) is 1. The van der Waals surface area contributed by atoms with Crippen LogP contribution in [0.25, 0.3) is 21.6 Å². The first-order valence-electron chi connectivity index (χ1n) is 7.96. The van der Waals surface area contributed by atoms with Crippen molar-refractivity contribution < 1.29 is 0 Å². The van der Waals surface area contributed by atoms with Gasteiger partial charge in [-0.05, 0) is 47.7 Å². The molecule has 0 radical (unpaired) electrons. The van der Waals surface area contributed by atoms with E-state index in [9.17, 15) is 0 Å². The first kappa shape index (κ1) is 17.2. The number of halogens is 2. The Morgan fingerprint density at radius 2 is 1.85 bits per heavy atom. The minimum absolute atomic E-state index is 0.544. The highest BCUT2D eigenvalue weighted by molar-refractivity contribution is 7.17. The number of pyridine rings is 1. The molecule has 0 fully saturated rings. The second-order valence-electron chi connectivity index (χ2n) is 5.83. The van der Waals surface area contributed by atoms with Crippen LogP contribution in [-0.2, 0) is 6.54 Å². The molecule has 7 heteroatoms. The monoisotopic (exact) mass is 400 g/mol. The first-order chi connectivity index (χ1) is 12.6. The molecule has 3 aromatic heterocycles. The topological polar surface area (TPSA) is 50.7 Å². The maximum atomic E-state index is 6.11. The van der Waals surface area contributed by atoms with E-state index in [2.05, 4.69) is 22.6 Å². The van der Waals surface area contributed by atoms with E-state index in [1.807, 2.05) is 24.3 Å². The maximum absolute atomic E-state index is 6.11. The Morgan fingerprint density at radius 1 is 1.04 bits per heavy atom. The number of aryl methyl sites for hydroxylation is 1. The third-order valence-electron chi connectivity index (χ3n) is 4.00. The van der Waals surface area contributed by atoms with Crippen LogP contribution in [0.4, 0.5) is 5.82 Å². The van der Waals surface area contributed by atoms with E-state index in [4.69, 9.17) is 33.2 Å². The fraction of sp³-hybridized carbons (Fsp3) is 0.105. The maximum Gasteiger partial charge on any atom is 0.163 e. The Hall–Kier alpha value is -2.21. The standard InChI is InChI=1S/C19H14Cl2N4S/c1-11-10-26-19-16(11)18(23-9-12-2-3-14(20)15(21)8-12)24-17(25-19)13-4-6-22-7-5-13/h2-8,10H,9H2,1H3,(H,23,24,25). The van der Waals surface area contributed by atoms with Gasteiger partial charge >= 0.3 is 0 Å². The van der Waals surface area contributed by atoms with Crippen LogP contribution >= 0.6 is 34.5 Å². The molecule has 26 heavy (non-hydrogen) atoms. The van der Waals surface area contributed by atoms with Gasteiger partial charge in [-0.3, -0.25) is 4.98 Å². The molecule has 0 bridgehead atoms. The number of nitrogens with one attached hydrogen (secondary N) is 1. The molecule has 0 atom stereocenters. The van der Waals surface area contributed by atoms with Gasteiger partial charge in [-0.25, -0.2) is 9.97 Å². The van der Waals surface area contributed by atoms with Crippen molar-refractivity contribution in [1.82, 2.24) is 15.0 Å². The summed E-state index contributed by atoms with van der Waals surface area (Å²) in [5.41, 5.74) is 3.12. The van der Waals surface area contributed by atoms with Gasteiger partial charge in [-0.15, -0.1) is 11.3 Å². The van der Waals surface area contributed by atoms with Crippen LogP contribution in [0.3, 0.4) is 0 Å². The first-order valence-corrected chi connectivity index (χ1v) is 9.59. The summed E-state index contributed by atoms with van der Waals surface area (Å²) in [7, 11) is 0. The largest absolute Gasteiger partial charge is 0.365 e. The normalized spacial score (nSPS) is 11.0. The van der Waals surface area contributed by atoms with Crippen LogP contribution in [0, 0.1) is 6.92 Å². The molecular weight excluding hydrogens is 387 g/mol. The van der Waals surface area contributed by atoms with Gasteiger partial charge in [0, 0.05) is 24.5 Å². The van der Waals surface area contributed by atoms with E-state index in [1.165, 1.54) is 0 Å². The summed E-state index contributed by atoms with van der Waals surface area (Å²) in [4.78, 5) is 14.5. The third-order valence-corrected chi connectivity index (χ3v) is 5.73. The average molecular weight is 401 g/mol. The van der Waals surface area contributed by atoms with Gasteiger partial charge in [-0.1, -0.05) is 29.3 Å². The molecule has 0 saturated carbocycles. The lowest BCUT2D eigenvalue weighted by Gasteiger charge is -2.10. The van der Waals surface area contributed by atoms with Crippen molar-refractivity contribution >= 4 is 50.6 Å². The summed E-state index contributed by atoms with van der Waals surface area (Å²) in [6.45, 7) is 2.66. The van der Waals surface area contributed by atoms with Crippen molar-refractivity contribution in [2.75, 3.05) is 5.32 Å². The minimum atomic E-state index is 0.544. The van der Waals surface area contributed by atoms with Crippen LogP contribution < -0.4 is 5.32 Å². The summed E-state index contributed by atoms with van der Waals surface area (Å²) in [6.07, 6.45) is 3.48. The van der Waals surface area contributed by atoms with Crippen LogP contribution in [0.5, 0.6) is 0 Å². The highest BCUT2D eigenvalue weighted by Gasteiger charge is 2.13. The molecule has 0 aliphatic carbocycles. The van der Waals surface area contributed by atoms with E-state index in [-0.39, 0.29) is 0 Å². The van der Waals surface area contributed by atoms with E-state index >= 15 is 0 Å². The third kappa shape index (κ3) is 3.38. The predicted molar refractivity (Wildman–Crippen MR) is 109 cm³/mol. The van der Waals surface area contributed by atoms with Crippen LogP contribution in [0.15, 0.2) is 48.1 Å². The number of benzene rings is 1. The predicted octanol–water partition coefficient (Wildman–Crippen LogP) is 5.98. The molecule has 1 aromatic carbocycles. The number of aromatic nitrogens is 3. The van der Waals surface area contributed by atoms with Crippen molar-refractivity contribution in [2.24, 2.45) is 0 Å². The summed E-state index contributed by atoms with van der Waals surface area (Å²) in [6, 6.07) is 9.42. The fourth-order valence-corrected chi connectivity index (χ4v) is 3.92. The number of rotatable bonds is 4. The minimum Gasteiger partial charge on any atom is -0.365 e. The highest BCUT2D eigenvalue weighted by atomic mass is 35.5. The molecule has 0 spiro atoms. The van der Waals surface area contributed by atoms with E-state index in [0.717, 1.165) is 32.7 Å². The van der Waals surface area contributed by atoms with Gasteiger partial charge in [0.05, 0.1) is 15.4 Å². The summed E-state index contributed by atoms with van der Waals surface area (Å²) >= 11 is 13.7. The van der Waals surface area contributed by atoms with Crippen molar-refractivity contribution in [3.63, 3.8) is 0 Å². The number of hydrogen-bond acceptors (Lipinski definition) is 5. The van der Waals surface area contributed by atoms with E-state index in [0.29, 0.717) is 22.4 Å². The van der Waals surface area contributed by atoms with Gasteiger partial charge in [0.15, 0.2) is 5.82 Å². The smallest absolute Gasteiger partial charge is 0.163 e. The number of fused-ring (bicyclic) bond motifs is 1. The number of anilines is 1. The Kier molecular flexibility index (Phi) is 4.76. The van der Waals surface area contributed by atoms with Crippen LogP contribution in [0.1, 0.15) is 11.1 Å². The van der Waals surface area contributed by atoms with E-state index in [1.54, 1.807) is 29.8 Å². The summed E-state index contributed by atoms with van der Waals surface area (Å²) < 4.78 is 0. The van der Waals surface area contributed by atoms with Gasteiger partial charge in [0.1, 0.15) is 10.6 Å². The Balaban J connectivity index is 1.72. The second-order valence-corrected chi connectivity index (χ2v) is 7.51. The molecule has 0 aliphatic rings. The zero-order chi connectivity index (χ0) is 18.1. The molecule has 0 aliphatic heterocycles. The Morgan fingerprint density at radius 3 is 2.62 bits per heavy atom. The van der Waals surface area contributed by atoms with E-state index < -0.39 is 0 Å². The van der Waals surface area contributed by atoms with Crippen molar-refractivity contribution in [3.8, 4) is 11.4 Å². The van der Waals surface area contributed by atoms with Gasteiger partial charge < -0.3 is 5.32 Å². The molecule has 130 valence electrons. The molecule has 4 nitrogen and oxygen atoms in total. The molecule has 4 aromatic rings. The molecule has 3 heterocycles. The average Bonchev–Trinajstić information content (AvgIpc) is 3.04. The summed E-state index contributed by atoms with van der Waals surface area (Å²) in [5.74, 6) is 1.49. The van der Waals surface area contributed by atoms with Gasteiger partial charge in [-0.2, -0.15) is 0 Å². The quantitative estimate of drug-likeness (QED) is 0.457.